The maximum atomic E-state index is 12.9. The van der Waals surface area contributed by atoms with Gasteiger partial charge in [0.25, 0.3) is 5.92 Å². The largest absolute Gasteiger partial charge is 0.382 e. The minimum atomic E-state index is -2.54. The van der Waals surface area contributed by atoms with Crippen LogP contribution in [0.2, 0.25) is 0 Å². The van der Waals surface area contributed by atoms with E-state index < -0.39 is 5.92 Å². The van der Waals surface area contributed by atoms with Crippen LogP contribution in [0.1, 0.15) is 12.8 Å². The van der Waals surface area contributed by atoms with Gasteiger partial charge >= 0.3 is 0 Å². The molecule has 82 valence electrons. The Morgan fingerprint density at radius 1 is 1.33 bits per heavy atom. The SMILES string of the molecule is Nc1ncncc1N1CCC(F)(F)CC1. The molecule has 0 bridgehead atoms. The zero-order chi connectivity index (χ0) is 10.9. The molecular formula is C9H12F2N4. The first-order valence-corrected chi connectivity index (χ1v) is 4.77. The normalized spacial score (nSPS) is 20.3. The van der Waals surface area contributed by atoms with Crippen LogP contribution in [0.4, 0.5) is 20.3 Å². The molecule has 0 spiro atoms. The van der Waals surface area contributed by atoms with Crippen molar-refractivity contribution in [3.05, 3.63) is 12.5 Å². The van der Waals surface area contributed by atoms with Gasteiger partial charge in [-0.3, -0.25) is 0 Å². The fourth-order valence-electron chi connectivity index (χ4n) is 1.65. The molecule has 1 fully saturated rings. The van der Waals surface area contributed by atoms with Gasteiger partial charge in [-0.15, -0.1) is 0 Å². The molecule has 1 aromatic heterocycles. The van der Waals surface area contributed by atoms with Crippen molar-refractivity contribution in [2.75, 3.05) is 23.7 Å². The number of nitrogens with two attached hydrogens (primary N) is 1. The topological polar surface area (TPSA) is 55.0 Å². The Morgan fingerprint density at radius 3 is 2.60 bits per heavy atom. The van der Waals surface area contributed by atoms with Crippen molar-refractivity contribution in [2.45, 2.75) is 18.8 Å². The van der Waals surface area contributed by atoms with E-state index in [-0.39, 0.29) is 12.8 Å². The monoisotopic (exact) mass is 214 g/mol. The Morgan fingerprint density at radius 2 is 2.00 bits per heavy atom. The lowest BCUT2D eigenvalue weighted by molar-refractivity contribution is -0.0220. The van der Waals surface area contributed by atoms with Gasteiger partial charge in [0, 0.05) is 25.9 Å². The smallest absolute Gasteiger partial charge is 0.251 e. The van der Waals surface area contributed by atoms with Crippen molar-refractivity contribution in [3.8, 4) is 0 Å². The predicted octanol–water partition coefficient (Wildman–Crippen LogP) is 1.29. The first-order chi connectivity index (χ1) is 7.08. The molecule has 1 aliphatic rings. The molecule has 0 aliphatic carbocycles. The quantitative estimate of drug-likeness (QED) is 0.765. The molecule has 1 aromatic rings. The molecule has 2 N–H and O–H groups in total. The number of aromatic nitrogens is 2. The van der Waals surface area contributed by atoms with Crippen LogP contribution in [0, 0.1) is 0 Å². The summed E-state index contributed by atoms with van der Waals surface area (Å²) in [6.45, 7) is 0.592. The van der Waals surface area contributed by atoms with Crippen LogP contribution in [-0.2, 0) is 0 Å². The number of rotatable bonds is 1. The molecule has 1 saturated heterocycles. The second-order valence-corrected chi connectivity index (χ2v) is 3.64. The zero-order valence-electron chi connectivity index (χ0n) is 8.16. The number of hydrogen-bond donors (Lipinski definition) is 1. The summed E-state index contributed by atoms with van der Waals surface area (Å²) in [4.78, 5) is 9.46. The number of piperidine rings is 1. The highest BCUT2D eigenvalue weighted by Crippen LogP contribution is 2.31. The van der Waals surface area contributed by atoms with E-state index in [1.54, 1.807) is 11.1 Å². The molecule has 6 heteroatoms. The molecule has 2 rings (SSSR count). The Labute approximate surface area is 86.1 Å². The minimum Gasteiger partial charge on any atom is -0.382 e. The van der Waals surface area contributed by atoms with E-state index in [0.717, 1.165) is 0 Å². The first kappa shape index (κ1) is 10.1. The van der Waals surface area contributed by atoms with E-state index in [1.807, 2.05) is 0 Å². The molecule has 15 heavy (non-hydrogen) atoms. The molecule has 0 aromatic carbocycles. The molecule has 0 saturated carbocycles. The zero-order valence-corrected chi connectivity index (χ0v) is 8.16. The van der Waals surface area contributed by atoms with Crippen LogP contribution in [0.25, 0.3) is 0 Å². The van der Waals surface area contributed by atoms with Crippen LogP contribution >= 0.6 is 0 Å². The number of hydrogen-bond acceptors (Lipinski definition) is 4. The fraction of sp³-hybridized carbons (Fsp3) is 0.556. The highest BCUT2D eigenvalue weighted by atomic mass is 19.3. The summed E-state index contributed by atoms with van der Waals surface area (Å²) in [6, 6.07) is 0. The van der Waals surface area contributed by atoms with E-state index in [0.29, 0.717) is 24.6 Å². The van der Waals surface area contributed by atoms with Gasteiger partial charge in [-0.05, 0) is 0 Å². The van der Waals surface area contributed by atoms with Gasteiger partial charge in [-0.25, -0.2) is 18.7 Å². The van der Waals surface area contributed by atoms with Crippen molar-refractivity contribution in [1.29, 1.82) is 0 Å². The van der Waals surface area contributed by atoms with Crippen LogP contribution in [0.5, 0.6) is 0 Å². The van der Waals surface area contributed by atoms with Gasteiger partial charge < -0.3 is 10.6 Å². The van der Waals surface area contributed by atoms with Gasteiger partial charge in [0.1, 0.15) is 12.1 Å². The average Bonchev–Trinajstić information content (AvgIpc) is 2.19. The minimum absolute atomic E-state index is 0.138. The maximum Gasteiger partial charge on any atom is 0.251 e. The third-order valence-corrected chi connectivity index (χ3v) is 2.56. The Balaban J connectivity index is 2.11. The number of nitrogen functional groups attached to an aromatic ring is 1. The molecule has 0 amide bonds. The lowest BCUT2D eigenvalue weighted by Gasteiger charge is -2.33. The average molecular weight is 214 g/mol. The summed E-state index contributed by atoms with van der Waals surface area (Å²) in [5.41, 5.74) is 6.29. The first-order valence-electron chi connectivity index (χ1n) is 4.77. The van der Waals surface area contributed by atoms with Crippen molar-refractivity contribution < 1.29 is 8.78 Å². The predicted molar refractivity (Wildman–Crippen MR) is 52.8 cm³/mol. The molecule has 0 unspecified atom stereocenters. The third kappa shape index (κ3) is 2.14. The van der Waals surface area contributed by atoms with Crippen LogP contribution in [-0.4, -0.2) is 29.0 Å². The molecule has 4 nitrogen and oxygen atoms in total. The van der Waals surface area contributed by atoms with Gasteiger partial charge in [0.05, 0.1) is 11.9 Å². The lowest BCUT2D eigenvalue weighted by atomic mass is 10.1. The summed E-state index contributed by atoms with van der Waals surface area (Å²) >= 11 is 0. The molecule has 2 heterocycles. The molecule has 0 radical (unpaired) electrons. The summed E-state index contributed by atoms with van der Waals surface area (Å²) < 4.78 is 25.8. The van der Waals surface area contributed by atoms with Crippen LogP contribution < -0.4 is 10.6 Å². The van der Waals surface area contributed by atoms with Gasteiger partial charge in [-0.1, -0.05) is 0 Å². The maximum absolute atomic E-state index is 12.9. The summed E-state index contributed by atoms with van der Waals surface area (Å²) in [6.07, 6.45) is 2.63. The van der Waals surface area contributed by atoms with Crippen LogP contribution in [0.3, 0.4) is 0 Å². The number of halogens is 2. The second kappa shape index (κ2) is 3.60. The third-order valence-electron chi connectivity index (χ3n) is 2.56. The van der Waals surface area contributed by atoms with Crippen molar-refractivity contribution in [3.63, 3.8) is 0 Å². The Hall–Kier alpha value is -1.46. The molecule has 0 atom stereocenters. The van der Waals surface area contributed by atoms with E-state index in [9.17, 15) is 8.78 Å². The standard InChI is InChI=1S/C9H12F2N4/c10-9(11)1-3-15(4-2-9)7-5-13-6-14-8(7)12/h5-6H,1-4H2,(H2,12,13,14). The lowest BCUT2D eigenvalue weighted by Crippen LogP contribution is -2.39. The number of anilines is 2. The van der Waals surface area contributed by atoms with Crippen LogP contribution in [0.15, 0.2) is 12.5 Å². The van der Waals surface area contributed by atoms with Gasteiger partial charge in [-0.2, -0.15) is 0 Å². The van der Waals surface area contributed by atoms with Crippen molar-refractivity contribution >= 4 is 11.5 Å². The molecular weight excluding hydrogens is 202 g/mol. The fourth-order valence-corrected chi connectivity index (χ4v) is 1.65. The summed E-state index contributed by atoms with van der Waals surface area (Å²) in [7, 11) is 0. The van der Waals surface area contributed by atoms with E-state index in [1.165, 1.54) is 6.33 Å². The van der Waals surface area contributed by atoms with E-state index in [2.05, 4.69) is 9.97 Å². The van der Waals surface area contributed by atoms with Crippen molar-refractivity contribution in [2.24, 2.45) is 0 Å². The van der Waals surface area contributed by atoms with Gasteiger partial charge in [0.2, 0.25) is 0 Å². The highest BCUT2D eigenvalue weighted by Gasteiger charge is 2.34. The summed E-state index contributed by atoms with van der Waals surface area (Å²) in [5.74, 6) is -2.20. The van der Waals surface area contributed by atoms with Crippen molar-refractivity contribution in [1.82, 2.24) is 9.97 Å². The Kier molecular flexibility index (Phi) is 2.42. The number of nitrogens with zero attached hydrogens (tertiary/aromatic N) is 3. The second-order valence-electron chi connectivity index (χ2n) is 3.64. The van der Waals surface area contributed by atoms with Gasteiger partial charge in [0.15, 0.2) is 0 Å². The number of alkyl halides is 2. The molecule has 1 aliphatic heterocycles. The van der Waals surface area contributed by atoms with E-state index >= 15 is 0 Å². The summed E-state index contributed by atoms with van der Waals surface area (Å²) in [5, 5.41) is 0. The highest BCUT2D eigenvalue weighted by molar-refractivity contribution is 5.61. The van der Waals surface area contributed by atoms with E-state index in [4.69, 9.17) is 5.73 Å². The Bertz CT molecular complexity index is 346.